The molecule has 6 heteroatoms. The molecule has 0 amide bonds. The Bertz CT molecular complexity index is 627. The fourth-order valence-corrected chi connectivity index (χ4v) is 1.97. The van der Waals surface area contributed by atoms with Crippen molar-refractivity contribution >= 4 is 32.6 Å². The van der Waals surface area contributed by atoms with Crippen LogP contribution in [0.1, 0.15) is 0 Å². The molecule has 2 rings (SSSR count). The molecular weight excluding hydrogens is 241 g/mol. The van der Waals surface area contributed by atoms with Crippen LogP contribution in [-0.4, -0.2) is 13.4 Å². The van der Waals surface area contributed by atoms with E-state index in [1.165, 1.54) is 24.4 Å². The third-order valence-electron chi connectivity index (χ3n) is 1.97. The summed E-state index contributed by atoms with van der Waals surface area (Å²) in [7, 11) is -4.70. The average Bonchev–Trinajstić information content (AvgIpc) is 2.16. The minimum absolute atomic E-state index is 0.151. The van der Waals surface area contributed by atoms with Gasteiger partial charge in [0.2, 0.25) is 0 Å². The van der Waals surface area contributed by atoms with Crippen LogP contribution in [-0.2, 0) is 10.2 Å². The van der Waals surface area contributed by atoms with Crippen molar-refractivity contribution in [3.63, 3.8) is 0 Å². The second-order valence-corrected chi connectivity index (χ2v) is 4.63. The fraction of sp³-hybridized carbons (Fsp3) is 0. The predicted molar refractivity (Wildman–Crippen MR) is 55.0 cm³/mol. The lowest BCUT2D eigenvalue weighted by molar-refractivity contribution is 0.552. The quantitative estimate of drug-likeness (QED) is 0.573. The molecular formula is C9H5ClFNO2S. The minimum Gasteiger partial charge on any atom is -0.244 e. The summed E-state index contributed by atoms with van der Waals surface area (Å²) < 4.78 is 34.0. The highest BCUT2D eigenvalue weighted by Gasteiger charge is 2.12. The highest BCUT2D eigenvalue weighted by Crippen LogP contribution is 2.24. The van der Waals surface area contributed by atoms with E-state index >= 15 is 0 Å². The summed E-state index contributed by atoms with van der Waals surface area (Å²) in [5.74, 6) is 0. The van der Waals surface area contributed by atoms with Crippen molar-refractivity contribution in [3.05, 3.63) is 35.6 Å². The Kier molecular flexibility index (Phi) is 2.36. The molecule has 0 aliphatic heterocycles. The van der Waals surface area contributed by atoms with Crippen molar-refractivity contribution in [2.24, 2.45) is 0 Å². The van der Waals surface area contributed by atoms with Gasteiger partial charge in [0, 0.05) is 11.6 Å². The first kappa shape index (κ1) is 10.3. The monoisotopic (exact) mass is 245 g/mol. The summed E-state index contributed by atoms with van der Waals surface area (Å²) in [5.41, 5.74) is 0. The first-order chi connectivity index (χ1) is 6.98. The molecule has 0 fully saturated rings. The number of pyridine rings is 1. The van der Waals surface area contributed by atoms with Crippen molar-refractivity contribution in [2.45, 2.75) is 4.90 Å². The first-order valence-electron chi connectivity index (χ1n) is 3.97. The van der Waals surface area contributed by atoms with Crippen LogP contribution in [0.25, 0.3) is 10.8 Å². The van der Waals surface area contributed by atoms with Crippen molar-refractivity contribution in [3.8, 4) is 0 Å². The molecule has 78 valence electrons. The molecule has 2 aromatic rings. The van der Waals surface area contributed by atoms with Gasteiger partial charge in [-0.2, -0.15) is 8.42 Å². The van der Waals surface area contributed by atoms with Gasteiger partial charge in [-0.1, -0.05) is 17.7 Å². The Morgan fingerprint density at radius 2 is 2.00 bits per heavy atom. The zero-order valence-corrected chi connectivity index (χ0v) is 8.89. The number of fused-ring (bicyclic) bond motifs is 1. The molecule has 1 heterocycles. The lowest BCUT2D eigenvalue weighted by Gasteiger charge is -2.00. The van der Waals surface area contributed by atoms with Gasteiger partial charge in [0.15, 0.2) is 0 Å². The molecule has 0 spiro atoms. The van der Waals surface area contributed by atoms with Gasteiger partial charge in [-0.25, -0.2) is 4.98 Å². The van der Waals surface area contributed by atoms with Crippen molar-refractivity contribution in [1.29, 1.82) is 0 Å². The van der Waals surface area contributed by atoms with Gasteiger partial charge >= 0.3 is 10.2 Å². The summed E-state index contributed by atoms with van der Waals surface area (Å²) in [6.07, 6.45) is 1.49. The van der Waals surface area contributed by atoms with E-state index in [-0.39, 0.29) is 5.15 Å². The van der Waals surface area contributed by atoms with E-state index in [0.29, 0.717) is 10.8 Å². The maximum absolute atomic E-state index is 12.7. The first-order valence-corrected chi connectivity index (χ1v) is 5.73. The molecule has 0 unspecified atom stereocenters. The lowest BCUT2D eigenvalue weighted by Crippen LogP contribution is -1.91. The van der Waals surface area contributed by atoms with Crippen LogP contribution < -0.4 is 0 Å². The summed E-state index contributed by atoms with van der Waals surface area (Å²) in [4.78, 5) is 3.37. The zero-order chi connectivity index (χ0) is 11.1. The van der Waals surface area contributed by atoms with Gasteiger partial charge in [-0.15, -0.1) is 3.89 Å². The smallest absolute Gasteiger partial charge is 0.244 e. The standard InChI is InChI=1S/C9H5ClFNO2S/c10-9-8-5-7(15(11,13)14)2-1-6(8)3-4-12-9/h1-5H. The molecule has 0 bridgehead atoms. The van der Waals surface area contributed by atoms with Crippen LogP contribution in [0, 0.1) is 0 Å². The largest absolute Gasteiger partial charge is 0.332 e. The van der Waals surface area contributed by atoms with Crippen LogP contribution in [0.5, 0.6) is 0 Å². The predicted octanol–water partition coefficient (Wildman–Crippen LogP) is 2.55. The number of rotatable bonds is 1. The van der Waals surface area contributed by atoms with Gasteiger partial charge in [-0.3, -0.25) is 0 Å². The molecule has 0 atom stereocenters. The molecule has 0 aliphatic rings. The van der Waals surface area contributed by atoms with Crippen LogP contribution in [0.4, 0.5) is 3.89 Å². The van der Waals surface area contributed by atoms with Gasteiger partial charge in [0.05, 0.1) is 4.90 Å². The number of halogens is 2. The van der Waals surface area contributed by atoms with Crippen molar-refractivity contribution in [1.82, 2.24) is 4.98 Å². The van der Waals surface area contributed by atoms with E-state index < -0.39 is 15.1 Å². The van der Waals surface area contributed by atoms with Crippen molar-refractivity contribution in [2.75, 3.05) is 0 Å². The normalized spacial score (nSPS) is 11.9. The topological polar surface area (TPSA) is 47.0 Å². The second-order valence-electron chi connectivity index (χ2n) is 2.92. The number of nitrogens with zero attached hydrogens (tertiary/aromatic N) is 1. The highest BCUT2D eigenvalue weighted by molar-refractivity contribution is 7.86. The van der Waals surface area contributed by atoms with Gasteiger partial charge < -0.3 is 0 Å². The maximum Gasteiger partial charge on any atom is 0.332 e. The van der Waals surface area contributed by atoms with E-state index in [2.05, 4.69) is 4.98 Å². The van der Waals surface area contributed by atoms with Crippen LogP contribution in [0.15, 0.2) is 35.4 Å². The van der Waals surface area contributed by atoms with E-state index in [0.717, 1.165) is 0 Å². The van der Waals surface area contributed by atoms with E-state index in [4.69, 9.17) is 11.6 Å². The number of aromatic nitrogens is 1. The molecule has 0 saturated carbocycles. The maximum atomic E-state index is 12.7. The van der Waals surface area contributed by atoms with E-state index in [9.17, 15) is 12.3 Å². The van der Waals surface area contributed by atoms with Crippen molar-refractivity contribution < 1.29 is 12.3 Å². The molecule has 3 nitrogen and oxygen atoms in total. The van der Waals surface area contributed by atoms with E-state index in [1.807, 2.05) is 0 Å². The van der Waals surface area contributed by atoms with Crippen LogP contribution >= 0.6 is 11.6 Å². The molecule has 1 aromatic heterocycles. The minimum atomic E-state index is -4.70. The summed E-state index contributed by atoms with van der Waals surface area (Å²) in [6, 6.07) is 5.50. The third-order valence-corrected chi connectivity index (χ3v) is 3.09. The molecule has 15 heavy (non-hydrogen) atoms. The summed E-state index contributed by atoms with van der Waals surface area (Å²) in [6.45, 7) is 0. The Balaban J connectivity index is 2.81. The second kappa shape index (κ2) is 3.43. The SMILES string of the molecule is O=S(=O)(F)c1ccc2ccnc(Cl)c2c1. The Morgan fingerprint density at radius 1 is 1.27 bits per heavy atom. The summed E-state index contributed by atoms with van der Waals surface area (Å²) in [5, 5.41) is 1.28. The third kappa shape index (κ3) is 1.93. The fourth-order valence-electron chi connectivity index (χ4n) is 1.26. The molecule has 0 aliphatic carbocycles. The lowest BCUT2D eigenvalue weighted by atomic mass is 10.2. The number of hydrogen-bond acceptors (Lipinski definition) is 3. The number of hydrogen-bond donors (Lipinski definition) is 0. The molecule has 0 N–H and O–H groups in total. The van der Waals surface area contributed by atoms with Gasteiger partial charge in [-0.05, 0) is 23.6 Å². The van der Waals surface area contributed by atoms with Gasteiger partial charge in [0.1, 0.15) is 5.15 Å². The average molecular weight is 246 g/mol. The Hall–Kier alpha value is -1.20. The molecule has 0 saturated heterocycles. The Morgan fingerprint density at radius 3 is 2.67 bits per heavy atom. The van der Waals surface area contributed by atoms with Crippen LogP contribution in [0.2, 0.25) is 5.15 Å². The summed E-state index contributed by atoms with van der Waals surface area (Å²) >= 11 is 5.75. The zero-order valence-electron chi connectivity index (χ0n) is 7.31. The number of benzene rings is 1. The molecule has 0 radical (unpaired) electrons. The van der Waals surface area contributed by atoms with Gasteiger partial charge in [0.25, 0.3) is 0 Å². The van der Waals surface area contributed by atoms with E-state index in [1.54, 1.807) is 6.07 Å². The highest BCUT2D eigenvalue weighted by atomic mass is 35.5. The Labute approximate surface area is 90.7 Å². The van der Waals surface area contributed by atoms with Crippen LogP contribution in [0.3, 0.4) is 0 Å². The molecule has 1 aromatic carbocycles.